The van der Waals surface area contributed by atoms with Crippen LogP contribution >= 0.6 is 0 Å². The number of nitrogens with one attached hydrogen (secondary N) is 1. The number of aliphatic hydroxyl groups excluding tert-OH is 1. The van der Waals surface area contributed by atoms with E-state index in [1.807, 2.05) is 18.2 Å². The van der Waals surface area contributed by atoms with E-state index in [9.17, 15) is 14.3 Å². The number of anilines is 2. The van der Waals surface area contributed by atoms with Crippen LogP contribution in [0.1, 0.15) is 17.3 Å². The first-order valence-corrected chi connectivity index (χ1v) is 6.72. The van der Waals surface area contributed by atoms with E-state index in [2.05, 4.69) is 10.4 Å². The molecule has 3 aromatic rings. The van der Waals surface area contributed by atoms with Gasteiger partial charge in [0.2, 0.25) is 0 Å². The number of hydrogen-bond acceptors (Lipinski definition) is 4. The Hall–Kier alpha value is -2.73. The van der Waals surface area contributed by atoms with Crippen molar-refractivity contribution < 1.29 is 14.3 Å². The number of carbonyl (C=O) groups is 1. The molecule has 0 fully saturated rings. The molecule has 1 heterocycles. The minimum atomic E-state index is -0.535. The van der Waals surface area contributed by atoms with Gasteiger partial charge in [0, 0.05) is 16.8 Å². The number of Topliss-reactive ketones (excluding diaryl/α,β-unsaturated/α-hetero) is 1. The quantitative estimate of drug-likeness (QED) is 0.727. The van der Waals surface area contributed by atoms with E-state index in [4.69, 9.17) is 0 Å². The summed E-state index contributed by atoms with van der Waals surface area (Å²) in [4.78, 5) is 11.4. The predicted molar refractivity (Wildman–Crippen MR) is 81.6 cm³/mol. The van der Waals surface area contributed by atoms with E-state index in [0.717, 1.165) is 16.6 Å². The van der Waals surface area contributed by atoms with Crippen molar-refractivity contribution in [1.82, 2.24) is 9.78 Å². The largest absolute Gasteiger partial charge is 0.374 e. The second-order valence-electron chi connectivity index (χ2n) is 4.93. The van der Waals surface area contributed by atoms with Crippen LogP contribution in [0.5, 0.6) is 0 Å². The number of ketones is 1. The van der Waals surface area contributed by atoms with Crippen LogP contribution in [0.25, 0.3) is 10.9 Å². The number of rotatable bonds is 4. The second-order valence-corrected chi connectivity index (χ2v) is 4.93. The van der Waals surface area contributed by atoms with Crippen LogP contribution in [0.4, 0.5) is 15.8 Å². The van der Waals surface area contributed by atoms with Gasteiger partial charge in [-0.1, -0.05) is 0 Å². The summed E-state index contributed by atoms with van der Waals surface area (Å²) in [5.74, 6) is -0.859. The van der Waals surface area contributed by atoms with Crippen molar-refractivity contribution in [3.63, 3.8) is 0 Å². The van der Waals surface area contributed by atoms with Crippen molar-refractivity contribution in [2.75, 3.05) is 5.32 Å². The number of aliphatic hydroxyl groups is 1. The average Bonchev–Trinajstić information content (AvgIpc) is 2.91. The molecule has 2 N–H and O–H groups in total. The highest BCUT2D eigenvalue weighted by Crippen LogP contribution is 2.23. The van der Waals surface area contributed by atoms with Crippen molar-refractivity contribution in [2.24, 2.45) is 0 Å². The van der Waals surface area contributed by atoms with Crippen LogP contribution in [-0.4, -0.2) is 20.7 Å². The number of nitrogens with zero attached hydrogens (tertiary/aromatic N) is 2. The SMILES string of the molecule is CC(=O)c1cc(Nc2ccc3cnn(CO)c3c2)ccc1F. The van der Waals surface area contributed by atoms with E-state index in [0.29, 0.717) is 5.69 Å². The molecule has 0 amide bonds. The lowest BCUT2D eigenvalue weighted by Gasteiger charge is -2.09. The smallest absolute Gasteiger partial charge is 0.162 e. The number of hydrogen-bond donors (Lipinski definition) is 2. The molecule has 112 valence electrons. The molecule has 0 aliphatic carbocycles. The number of halogens is 1. The Labute approximate surface area is 126 Å². The summed E-state index contributed by atoms with van der Waals surface area (Å²) < 4.78 is 15.0. The van der Waals surface area contributed by atoms with Crippen molar-refractivity contribution in [3.8, 4) is 0 Å². The van der Waals surface area contributed by atoms with E-state index in [-0.39, 0.29) is 18.1 Å². The minimum Gasteiger partial charge on any atom is -0.374 e. The zero-order valence-electron chi connectivity index (χ0n) is 11.9. The van der Waals surface area contributed by atoms with E-state index in [1.165, 1.54) is 23.7 Å². The van der Waals surface area contributed by atoms with E-state index in [1.54, 1.807) is 12.3 Å². The van der Waals surface area contributed by atoms with E-state index >= 15 is 0 Å². The lowest BCUT2D eigenvalue weighted by atomic mass is 10.1. The molecule has 0 atom stereocenters. The fourth-order valence-corrected chi connectivity index (χ4v) is 2.30. The Kier molecular flexibility index (Phi) is 3.60. The van der Waals surface area contributed by atoms with Crippen LogP contribution in [0, 0.1) is 5.82 Å². The highest BCUT2D eigenvalue weighted by Gasteiger charge is 2.09. The first-order chi connectivity index (χ1) is 10.6. The molecule has 22 heavy (non-hydrogen) atoms. The first-order valence-electron chi connectivity index (χ1n) is 6.72. The summed E-state index contributed by atoms with van der Waals surface area (Å²) in [6.45, 7) is 1.12. The topological polar surface area (TPSA) is 67.2 Å². The summed E-state index contributed by atoms with van der Waals surface area (Å²) in [7, 11) is 0. The van der Waals surface area contributed by atoms with Crippen LogP contribution < -0.4 is 5.32 Å². The normalized spacial score (nSPS) is 10.9. The summed E-state index contributed by atoms with van der Waals surface area (Å²) in [6.07, 6.45) is 1.67. The zero-order valence-corrected chi connectivity index (χ0v) is 11.9. The Morgan fingerprint density at radius 2 is 2.00 bits per heavy atom. The van der Waals surface area contributed by atoms with Gasteiger partial charge in [-0.25, -0.2) is 9.07 Å². The monoisotopic (exact) mass is 299 g/mol. The van der Waals surface area contributed by atoms with Gasteiger partial charge in [-0.2, -0.15) is 5.10 Å². The van der Waals surface area contributed by atoms with Gasteiger partial charge in [0.1, 0.15) is 12.5 Å². The summed E-state index contributed by atoms with van der Waals surface area (Å²) >= 11 is 0. The van der Waals surface area contributed by atoms with E-state index < -0.39 is 5.82 Å². The third-order valence-corrected chi connectivity index (χ3v) is 3.41. The Morgan fingerprint density at radius 1 is 1.27 bits per heavy atom. The standard InChI is InChI=1S/C16H14FN3O2/c1-10(22)14-6-12(4-5-15(14)17)19-13-3-2-11-8-18-20(9-21)16(11)7-13/h2-8,19,21H,9H2,1H3. The second kappa shape index (κ2) is 5.57. The first kappa shape index (κ1) is 14.2. The maximum Gasteiger partial charge on any atom is 0.162 e. The van der Waals surface area contributed by atoms with Gasteiger partial charge >= 0.3 is 0 Å². The summed E-state index contributed by atoms with van der Waals surface area (Å²) in [5.41, 5.74) is 2.19. The van der Waals surface area contributed by atoms with Crippen LogP contribution in [0.15, 0.2) is 42.6 Å². The molecule has 6 heteroatoms. The predicted octanol–water partition coefficient (Wildman–Crippen LogP) is 3.07. The van der Waals surface area contributed by atoms with Gasteiger partial charge in [-0.3, -0.25) is 4.79 Å². The maximum atomic E-state index is 13.5. The average molecular weight is 299 g/mol. The molecular weight excluding hydrogens is 285 g/mol. The van der Waals surface area contributed by atoms with Gasteiger partial charge in [0.05, 0.1) is 17.3 Å². The van der Waals surface area contributed by atoms with Gasteiger partial charge in [-0.15, -0.1) is 0 Å². The third-order valence-electron chi connectivity index (χ3n) is 3.41. The molecule has 1 aromatic heterocycles. The highest BCUT2D eigenvalue weighted by molar-refractivity contribution is 5.95. The molecule has 2 aromatic carbocycles. The van der Waals surface area contributed by atoms with Crippen molar-refractivity contribution in [3.05, 3.63) is 54.0 Å². The van der Waals surface area contributed by atoms with Crippen molar-refractivity contribution in [2.45, 2.75) is 13.7 Å². The molecular formula is C16H14FN3O2. The van der Waals surface area contributed by atoms with Crippen molar-refractivity contribution >= 4 is 28.1 Å². The molecule has 0 spiro atoms. The van der Waals surface area contributed by atoms with Gasteiger partial charge in [0.25, 0.3) is 0 Å². The number of aromatic nitrogens is 2. The van der Waals surface area contributed by atoms with Gasteiger partial charge in [0.15, 0.2) is 5.78 Å². The molecule has 0 unspecified atom stereocenters. The lowest BCUT2D eigenvalue weighted by molar-refractivity contribution is 0.101. The molecule has 5 nitrogen and oxygen atoms in total. The summed E-state index contributed by atoms with van der Waals surface area (Å²) in [6, 6.07) is 9.85. The number of benzene rings is 2. The Balaban J connectivity index is 1.96. The number of carbonyl (C=O) groups excluding carboxylic acids is 1. The molecule has 0 aliphatic heterocycles. The fourth-order valence-electron chi connectivity index (χ4n) is 2.30. The molecule has 0 aliphatic rings. The highest BCUT2D eigenvalue weighted by atomic mass is 19.1. The maximum absolute atomic E-state index is 13.5. The molecule has 0 radical (unpaired) electrons. The minimum absolute atomic E-state index is 0.0477. The van der Waals surface area contributed by atoms with Crippen molar-refractivity contribution in [1.29, 1.82) is 0 Å². The Bertz CT molecular complexity index is 858. The molecule has 0 saturated heterocycles. The van der Waals surface area contributed by atoms with Crippen LogP contribution in [-0.2, 0) is 6.73 Å². The summed E-state index contributed by atoms with van der Waals surface area (Å²) in [5, 5.41) is 17.3. The van der Waals surface area contributed by atoms with Gasteiger partial charge in [-0.05, 0) is 43.3 Å². The fraction of sp³-hybridized carbons (Fsp3) is 0.125. The molecule has 0 saturated carbocycles. The zero-order chi connectivity index (χ0) is 15.7. The third kappa shape index (κ3) is 2.56. The molecule has 0 bridgehead atoms. The van der Waals surface area contributed by atoms with Crippen LogP contribution in [0.3, 0.4) is 0 Å². The molecule has 3 rings (SSSR count). The number of fused-ring (bicyclic) bond motifs is 1. The van der Waals surface area contributed by atoms with Crippen LogP contribution in [0.2, 0.25) is 0 Å². The lowest BCUT2D eigenvalue weighted by Crippen LogP contribution is -2.00. The van der Waals surface area contributed by atoms with Gasteiger partial charge < -0.3 is 10.4 Å². The Morgan fingerprint density at radius 3 is 2.73 bits per heavy atom.